The van der Waals surface area contributed by atoms with E-state index in [1.54, 1.807) is 16.1 Å². The van der Waals surface area contributed by atoms with Gasteiger partial charge < -0.3 is 15.1 Å². The van der Waals surface area contributed by atoms with E-state index in [9.17, 15) is 0 Å². The number of hydrogen-bond donors (Lipinski definition) is 2. The van der Waals surface area contributed by atoms with Crippen molar-refractivity contribution in [2.24, 2.45) is 16.8 Å². The molecule has 4 aromatic carbocycles. The number of aryl methyl sites for hydroxylation is 1. The molecule has 5 aromatic rings. The lowest BCUT2D eigenvalue weighted by Crippen LogP contribution is -2.58. The lowest BCUT2D eigenvalue weighted by atomic mass is 9.77. The second kappa shape index (κ2) is 18.1. The van der Waals surface area contributed by atoms with Crippen LogP contribution in [0.15, 0.2) is 215 Å². The Balaban J connectivity index is 0.979. The summed E-state index contributed by atoms with van der Waals surface area (Å²) in [5.41, 5.74) is 18.3. The standard InChI is InChI=1S/C63H59N5S/c1-67-62(44-26-13-5-14-27-44)65-61(43-24-11-4-12-25-43)66-63(67)52-39-46(45-34-35-48(41-20-7-2-8-21-41)51(38-45)42-22-9-3-10-23-42)40-64-60(52)50-31-19-33-55-58(50)59-56(69-55)37-36-54-57(59)49-30-17-18-32-53(49)68(54)47-28-15-6-16-29-47/h2-11,13-24,26-28,31-33,38-39,46-47,49,60-61,63-64,66H,12,25,29-30,34-37,40H2,1H3. The highest BCUT2D eigenvalue weighted by Gasteiger charge is 2.45. The van der Waals surface area contributed by atoms with Crippen LogP contribution in [0, 0.1) is 11.8 Å². The quantitative estimate of drug-likeness (QED) is 0.152. The number of amidine groups is 1. The molecule has 1 aromatic heterocycles. The molecule has 5 aliphatic carbocycles. The van der Waals surface area contributed by atoms with Crippen LogP contribution in [0.1, 0.15) is 83.7 Å². The largest absolute Gasteiger partial charge is 0.341 e. The number of allylic oxidation sites excluding steroid dienone is 13. The lowest BCUT2D eigenvalue weighted by Gasteiger charge is -2.45. The van der Waals surface area contributed by atoms with E-state index in [1.807, 2.05) is 11.3 Å². The molecule has 6 atom stereocenters. The molecule has 0 saturated carbocycles. The summed E-state index contributed by atoms with van der Waals surface area (Å²) in [6, 6.07) is 40.5. The predicted molar refractivity (Wildman–Crippen MR) is 288 cm³/mol. The fourth-order valence-electron chi connectivity index (χ4n) is 12.7. The molecular formula is C63H59N5S. The lowest BCUT2D eigenvalue weighted by molar-refractivity contribution is 0.276. The van der Waals surface area contributed by atoms with Gasteiger partial charge in [0.2, 0.25) is 0 Å². The number of nitrogens with zero attached hydrogens (tertiary/aromatic N) is 3. The maximum absolute atomic E-state index is 5.54. The van der Waals surface area contributed by atoms with Crippen molar-refractivity contribution in [3.05, 3.63) is 243 Å². The van der Waals surface area contributed by atoms with Gasteiger partial charge in [-0.15, -0.1) is 11.3 Å². The first kappa shape index (κ1) is 42.5. The van der Waals surface area contributed by atoms with Crippen LogP contribution >= 0.6 is 11.3 Å². The number of nitrogens with one attached hydrogen (secondary N) is 2. The van der Waals surface area contributed by atoms with Crippen LogP contribution in [0.25, 0.3) is 26.8 Å². The summed E-state index contributed by atoms with van der Waals surface area (Å²) in [6.45, 7) is 0.866. The van der Waals surface area contributed by atoms with Crippen molar-refractivity contribution in [1.82, 2.24) is 20.4 Å². The molecule has 13 rings (SSSR count). The highest BCUT2D eigenvalue weighted by Crippen LogP contribution is 2.56. The van der Waals surface area contributed by atoms with E-state index in [4.69, 9.17) is 4.99 Å². The number of hydrogen-bond acceptors (Lipinski definition) is 6. The highest BCUT2D eigenvalue weighted by molar-refractivity contribution is 7.19. The summed E-state index contributed by atoms with van der Waals surface area (Å²) in [7, 11) is 2.26. The Labute approximate surface area is 411 Å². The fourth-order valence-corrected chi connectivity index (χ4v) is 14.0. The predicted octanol–water partition coefficient (Wildman–Crippen LogP) is 13.6. The summed E-state index contributed by atoms with van der Waals surface area (Å²) in [5, 5.41) is 10.0. The Bertz CT molecular complexity index is 3190. The molecule has 4 heterocycles. The zero-order valence-electron chi connectivity index (χ0n) is 39.4. The Morgan fingerprint density at radius 2 is 1.48 bits per heavy atom. The monoisotopic (exact) mass is 917 g/mol. The summed E-state index contributed by atoms with van der Waals surface area (Å²) in [5.74, 6) is 1.61. The van der Waals surface area contributed by atoms with Gasteiger partial charge in [0.1, 0.15) is 18.2 Å². The van der Waals surface area contributed by atoms with Crippen LogP contribution < -0.4 is 10.6 Å². The third-order valence-electron chi connectivity index (χ3n) is 15.9. The molecule has 342 valence electrons. The molecule has 69 heavy (non-hydrogen) atoms. The van der Waals surface area contributed by atoms with E-state index in [-0.39, 0.29) is 24.3 Å². The van der Waals surface area contributed by atoms with E-state index in [2.05, 4.69) is 210 Å². The third-order valence-corrected chi connectivity index (χ3v) is 17.2. The molecule has 8 aliphatic rings. The molecule has 5 nitrogen and oxygen atoms in total. The minimum Gasteiger partial charge on any atom is -0.341 e. The van der Waals surface area contributed by atoms with Crippen LogP contribution in [-0.2, 0) is 6.42 Å². The number of rotatable bonds is 8. The average Bonchev–Trinajstić information content (AvgIpc) is 3.98. The first-order chi connectivity index (χ1) is 34.2. The van der Waals surface area contributed by atoms with Crippen LogP contribution in [0.3, 0.4) is 0 Å². The minimum absolute atomic E-state index is 0.0241. The summed E-state index contributed by atoms with van der Waals surface area (Å²) in [6.07, 6.45) is 36.5. The van der Waals surface area contributed by atoms with Crippen LogP contribution in [0.5, 0.6) is 0 Å². The fraction of sp³-hybridized carbons (Fsp3) is 0.254. The molecule has 0 amide bonds. The van der Waals surface area contributed by atoms with Gasteiger partial charge in [-0.3, -0.25) is 5.32 Å². The molecule has 0 fully saturated rings. The smallest absolute Gasteiger partial charge is 0.134 e. The molecular weight excluding hydrogens is 859 g/mol. The van der Waals surface area contributed by atoms with E-state index in [0.29, 0.717) is 12.0 Å². The minimum atomic E-state index is -0.140. The Morgan fingerprint density at radius 1 is 0.696 bits per heavy atom. The van der Waals surface area contributed by atoms with Gasteiger partial charge in [0.05, 0.1) is 12.1 Å². The Hall–Kier alpha value is -6.57. The molecule has 3 aliphatic heterocycles. The van der Waals surface area contributed by atoms with Crippen LogP contribution in [-0.4, -0.2) is 47.6 Å². The second-order valence-electron chi connectivity index (χ2n) is 19.8. The van der Waals surface area contributed by atoms with Crippen molar-refractivity contribution in [3.63, 3.8) is 0 Å². The Kier molecular flexibility index (Phi) is 11.1. The van der Waals surface area contributed by atoms with Gasteiger partial charge in [0.25, 0.3) is 0 Å². The van der Waals surface area contributed by atoms with Gasteiger partial charge in [-0.1, -0.05) is 176 Å². The maximum Gasteiger partial charge on any atom is 0.134 e. The normalized spacial score (nSPS) is 26.3. The van der Waals surface area contributed by atoms with Crippen molar-refractivity contribution >= 4 is 44.0 Å². The maximum atomic E-state index is 5.54. The number of thiophene rings is 1. The zero-order chi connectivity index (χ0) is 45.8. The van der Waals surface area contributed by atoms with E-state index >= 15 is 0 Å². The molecule has 0 bridgehead atoms. The molecule has 6 unspecified atom stereocenters. The number of likely N-dealkylation sites (N-methyl/N-ethyl adjacent to an activating group) is 1. The molecule has 2 N–H and O–H groups in total. The van der Waals surface area contributed by atoms with E-state index < -0.39 is 0 Å². The van der Waals surface area contributed by atoms with Gasteiger partial charge >= 0.3 is 0 Å². The van der Waals surface area contributed by atoms with E-state index in [0.717, 1.165) is 69.3 Å². The molecule has 0 spiro atoms. The van der Waals surface area contributed by atoms with Gasteiger partial charge in [0, 0.05) is 62.9 Å². The van der Waals surface area contributed by atoms with Crippen LogP contribution in [0.4, 0.5) is 0 Å². The van der Waals surface area contributed by atoms with Crippen molar-refractivity contribution in [3.8, 4) is 0 Å². The Morgan fingerprint density at radius 3 is 2.26 bits per heavy atom. The number of fused-ring (bicyclic) bond motifs is 6. The summed E-state index contributed by atoms with van der Waals surface area (Å²) in [4.78, 5) is 12.3. The SMILES string of the molecule is CN1C(c2ccccc2)=NC(C2=CC=CCC2)NC1C1=CC(C2=CC(c3ccccc3)=C(c3ccccc3)CC2)CNC1c1cccc2sc3c(c12)C1=C(CC3)N(C2C=CC=CC2)C2=CC=CCC21. The van der Waals surface area contributed by atoms with E-state index in [1.165, 1.54) is 65.9 Å². The van der Waals surface area contributed by atoms with Crippen molar-refractivity contribution < 1.29 is 0 Å². The van der Waals surface area contributed by atoms with Crippen molar-refractivity contribution in [1.29, 1.82) is 0 Å². The molecule has 0 radical (unpaired) electrons. The third kappa shape index (κ3) is 7.56. The first-order valence-corrected chi connectivity index (χ1v) is 26.2. The van der Waals surface area contributed by atoms with Crippen molar-refractivity contribution in [2.45, 2.75) is 75.8 Å². The first-order valence-electron chi connectivity index (χ1n) is 25.4. The molecule has 6 heteroatoms. The molecule has 0 saturated heterocycles. The van der Waals surface area contributed by atoms with Gasteiger partial charge in [0.15, 0.2) is 0 Å². The zero-order valence-corrected chi connectivity index (χ0v) is 40.2. The van der Waals surface area contributed by atoms with Crippen LogP contribution in [0.2, 0.25) is 0 Å². The summed E-state index contributed by atoms with van der Waals surface area (Å²) < 4.78 is 1.40. The summed E-state index contributed by atoms with van der Waals surface area (Å²) >= 11 is 2.04. The van der Waals surface area contributed by atoms with Gasteiger partial charge in [-0.05, 0) is 108 Å². The topological polar surface area (TPSA) is 42.9 Å². The highest BCUT2D eigenvalue weighted by atomic mass is 32.1. The second-order valence-corrected chi connectivity index (χ2v) is 21.0. The number of aliphatic imine (C=N–C) groups is 1. The van der Waals surface area contributed by atoms with Gasteiger partial charge in [-0.2, -0.15) is 0 Å². The number of benzene rings is 4. The van der Waals surface area contributed by atoms with Gasteiger partial charge in [-0.25, -0.2) is 4.99 Å². The van der Waals surface area contributed by atoms with Crippen molar-refractivity contribution in [2.75, 3.05) is 13.6 Å². The average molecular weight is 918 g/mol.